The number of para-hydroxylation sites is 1. The maximum Gasteiger partial charge on any atom is 0.340 e. The maximum atomic E-state index is 11.9. The number of carbonyl (C=O) groups excluding carboxylic acids is 1. The summed E-state index contributed by atoms with van der Waals surface area (Å²) in [7, 11) is 0. The van der Waals surface area contributed by atoms with Gasteiger partial charge < -0.3 is 14.6 Å². The average molecular weight is 287 g/mol. The third-order valence-corrected chi connectivity index (χ3v) is 3.13. The number of hydrogen-bond donors (Lipinski definition) is 1. The molecule has 0 aliphatic rings. The van der Waals surface area contributed by atoms with Crippen LogP contribution in [0.2, 0.25) is 0 Å². The van der Waals surface area contributed by atoms with E-state index in [1.165, 1.54) is 0 Å². The summed E-state index contributed by atoms with van der Waals surface area (Å²) in [6.07, 6.45) is 4.82. The Morgan fingerprint density at radius 1 is 1.33 bits per heavy atom. The standard InChI is InChI=1S/C16H21N3O2/c1-3-10-19-11-9-17-15(19)12-18-14-8-6-5-7-13(14)16(20)21-4-2/h5-9,11,18H,3-4,10,12H2,1-2H3. The molecule has 1 heterocycles. The summed E-state index contributed by atoms with van der Waals surface area (Å²) in [4.78, 5) is 16.3. The van der Waals surface area contributed by atoms with Crippen molar-refractivity contribution in [3.63, 3.8) is 0 Å². The van der Waals surface area contributed by atoms with E-state index in [9.17, 15) is 4.79 Å². The van der Waals surface area contributed by atoms with Gasteiger partial charge in [0.15, 0.2) is 0 Å². The van der Waals surface area contributed by atoms with Crippen LogP contribution in [-0.4, -0.2) is 22.1 Å². The van der Waals surface area contributed by atoms with Gasteiger partial charge in [0.1, 0.15) is 5.82 Å². The van der Waals surface area contributed by atoms with E-state index >= 15 is 0 Å². The summed E-state index contributed by atoms with van der Waals surface area (Å²) >= 11 is 0. The molecule has 1 aromatic heterocycles. The highest BCUT2D eigenvalue weighted by atomic mass is 16.5. The number of anilines is 1. The van der Waals surface area contributed by atoms with Gasteiger partial charge in [-0.15, -0.1) is 0 Å². The van der Waals surface area contributed by atoms with Crippen LogP contribution in [0.25, 0.3) is 0 Å². The zero-order valence-corrected chi connectivity index (χ0v) is 12.5. The Bertz CT molecular complexity index is 593. The Labute approximate surface area is 125 Å². The second kappa shape index (κ2) is 7.47. The number of rotatable bonds is 7. The number of benzene rings is 1. The summed E-state index contributed by atoms with van der Waals surface area (Å²) in [5.41, 5.74) is 1.31. The monoisotopic (exact) mass is 287 g/mol. The molecular formula is C16H21N3O2. The van der Waals surface area contributed by atoms with Crippen LogP contribution < -0.4 is 5.32 Å². The number of carbonyl (C=O) groups is 1. The van der Waals surface area contributed by atoms with Gasteiger partial charge in [0.2, 0.25) is 0 Å². The van der Waals surface area contributed by atoms with E-state index in [0.29, 0.717) is 18.7 Å². The Morgan fingerprint density at radius 2 is 2.14 bits per heavy atom. The molecule has 2 rings (SSSR count). The Hall–Kier alpha value is -2.30. The zero-order chi connectivity index (χ0) is 15.1. The Morgan fingerprint density at radius 3 is 2.90 bits per heavy atom. The minimum atomic E-state index is -0.308. The van der Waals surface area contributed by atoms with Crippen LogP contribution in [0.1, 0.15) is 36.5 Å². The molecule has 0 fully saturated rings. The van der Waals surface area contributed by atoms with Crippen molar-refractivity contribution in [1.29, 1.82) is 0 Å². The first-order chi connectivity index (χ1) is 10.3. The fourth-order valence-electron chi connectivity index (χ4n) is 2.15. The molecule has 5 nitrogen and oxygen atoms in total. The zero-order valence-electron chi connectivity index (χ0n) is 12.5. The maximum absolute atomic E-state index is 11.9. The minimum absolute atomic E-state index is 0.308. The number of nitrogens with one attached hydrogen (secondary N) is 1. The lowest BCUT2D eigenvalue weighted by atomic mass is 10.2. The Kier molecular flexibility index (Phi) is 5.37. The summed E-state index contributed by atoms with van der Waals surface area (Å²) in [5, 5.41) is 3.27. The quantitative estimate of drug-likeness (QED) is 0.795. The number of esters is 1. The molecule has 0 aliphatic heterocycles. The number of ether oxygens (including phenoxy) is 1. The normalized spacial score (nSPS) is 10.4. The minimum Gasteiger partial charge on any atom is -0.462 e. The third kappa shape index (κ3) is 3.84. The van der Waals surface area contributed by atoms with Crippen LogP contribution >= 0.6 is 0 Å². The SMILES string of the molecule is CCCn1ccnc1CNc1ccccc1C(=O)OCC. The number of aromatic nitrogens is 2. The molecular weight excluding hydrogens is 266 g/mol. The fraction of sp³-hybridized carbons (Fsp3) is 0.375. The molecule has 0 aliphatic carbocycles. The van der Waals surface area contributed by atoms with Gasteiger partial charge in [-0.25, -0.2) is 9.78 Å². The fourth-order valence-corrected chi connectivity index (χ4v) is 2.15. The van der Waals surface area contributed by atoms with Gasteiger partial charge in [0, 0.05) is 24.6 Å². The molecule has 0 saturated carbocycles. The van der Waals surface area contributed by atoms with Crippen molar-refractivity contribution in [3.8, 4) is 0 Å². The van der Waals surface area contributed by atoms with Crippen LogP contribution in [-0.2, 0) is 17.8 Å². The van der Waals surface area contributed by atoms with Crippen molar-refractivity contribution in [3.05, 3.63) is 48.0 Å². The smallest absolute Gasteiger partial charge is 0.340 e. The van der Waals surface area contributed by atoms with E-state index in [4.69, 9.17) is 4.74 Å². The molecule has 5 heteroatoms. The second-order valence-corrected chi connectivity index (χ2v) is 4.66. The molecule has 0 radical (unpaired) electrons. The lowest BCUT2D eigenvalue weighted by Crippen LogP contribution is -2.12. The van der Waals surface area contributed by atoms with Crippen molar-refractivity contribution >= 4 is 11.7 Å². The number of aryl methyl sites for hydroxylation is 1. The highest BCUT2D eigenvalue weighted by Crippen LogP contribution is 2.17. The molecule has 1 N–H and O–H groups in total. The first-order valence-electron chi connectivity index (χ1n) is 7.26. The van der Waals surface area contributed by atoms with Crippen molar-refractivity contribution in [2.45, 2.75) is 33.4 Å². The first-order valence-corrected chi connectivity index (χ1v) is 7.26. The van der Waals surface area contributed by atoms with E-state index in [-0.39, 0.29) is 5.97 Å². The van der Waals surface area contributed by atoms with Crippen molar-refractivity contribution < 1.29 is 9.53 Å². The molecule has 112 valence electrons. The molecule has 2 aromatic rings. The summed E-state index contributed by atoms with van der Waals surface area (Å²) in [5.74, 6) is 0.646. The predicted octanol–water partition coefficient (Wildman–Crippen LogP) is 3.08. The van der Waals surface area contributed by atoms with Gasteiger partial charge in [-0.3, -0.25) is 0 Å². The molecule has 21 heavy (non-hydrogen) atoms. The van der Waals surface area contributed by atoms with Crippen LogP contribution in [0.5, 0.6) is 0 Å². The van der Waals surface area contributed by atoms with Crippen molar-refractivity contribution in [2.24, 2.45) is 0 Å². The topological polar surface area (TPSA) is 56.2 Å². The van der Waals surface area contributed by atoms with Crippen LogP contribution in [0.4, 0.5) is 5.69 Å². The van der Waals surface area contributed by atoms with E-state index in [2.05, 4.69) is 21.8 Å². The van der Waals surface area contributed by atoms with Crippen LogP contribution in [0.3, 0.4) is 0 Å². The lowest BCUT2D eigenvalue weighted by Gasteiger charge is -2.12. The second-order valence-electron chi connectivity index (χ2n) is 4.66. The first kappa shape index (κ1) is 15.1. The number of nitrogens with zero attached hydrogens (tertiary/aromatic N) is 2. The average Bonchev–Trinajstić information content (AvgIpc) is 2.93. The molecule has 0 saturated heterocycles. The van der Waals surface area contributed by atoms with Gasteiger partial charge in [0.25, 0.3) is 0 Å². The third-order valence-electron chi connectivity index (χ3n) is 3.13. The lowest BCUT2D eigenvalue weighted by molar-refractivity contribution is 0.0527. The molecule has 0 unspecified atom stereocenters. The molecule has 0 amide bonds. The van der Waals surface area contributed by atoms with Crippen molar-refractivity contribution in [1.82, 2.24) is 9.55 Å². The summed E-state index contributed by atoms with van der Waals surface area (Å²) in [6, 6.07) is 7.36. The van der Waals surface area contributed by atoms with Gasteiger partial charge in [0.05, 0.1) is 18.7 Å². The van der Waals surface area contributed by atoms with Gasteiger partial charge >= 0.3 is 5.97 Å². The molecule has 1 aromatic carbocycles. The number of hydrogen-bond acceptors (Lipinski definition) is 4. The molecule has 0 bridgehead atoms. The summed E-state index contributed by atoms with van der Waals surface area (Å²) < 4.78 is 7.18. The van der Waals surface area contributed by atoms with E-state index in [0.717, 1.165) is 24.5 Å². The highest BCUT2D eigenvalue weighted by molar-refractivity contribution is 5.95. The van der Waals surface area contributed by atoms with Gasteiger partial charge in [-0.05, 0) is 25.5 Å². The summed E-state index contributed by atoms with van der Waals surface area (Å²) in [6.45, 7) is 5.82. The van der Waals surface area contributed by atoms with Crippen LogP contribution in [0.15, 0.2) is 36.7 Å². The van der Waals surface area contributed by atoms with Gasteiger partial charge in [-0.2, -0.15) is 0 Å². The predicted molar refractivity (Wildman–Crippen MR) is 82.2 cm³/mol. The van der Waals surface area contributed by atoms with Crippen LogP contribution in [0, 0.1) is 0 Å². The van der Waals surface area contributed by atoms with E-state index in [1.54, 1.807) is 19.2 Å². The highest BCUT2D eigenvalue weighted by Gasteiger charge is 2.12. The van der Waals surface area contributed by atoms with Gasteiger partial charge in [-0.1, -0.05) is 19.1 Å². The Balaban J connectivity index is 2.09. The van der Waals surface area contributed by atoms with Crippen molar-refractivity contribution in [2.75, 3.05) is 11.9 Å². The molecule has 0 spiro atoms. The van der Waals surface area contributed by atoms with E-state index in [1.807, 2.05) is 24.4 Å². The number of imidazole rings is 1. The molecule has 0 atom stereocenters. The van der Waals surface area contributed by atoms with E-state index < -0.39 is 0 Å². The largest absolute Gasteiger partial charge is 0.462 e.